The molecule has 0 aliphatic rings. The monoisotopic (exact) mass is 382 g/mol. The van der Waals surface area contributed by atoms with Crippen molar-refractivity contribution in [2.75, 3.05) is 17.2 Å². The van der Waals surface area contributed by atoms with Gasteiger partial charge in [-0.3, -0.25) is 19.7 Å². The summed E-state index contributed by atoms with van der Waals surface area (Å²) in [6, 6.07) is 2.62. The van der Waals surface area contributed by atoms with E-state index in [0.29, 0.717) is 0 Å². The highest BCUT2D eigenvalue weighted by Crippen LogP contribution is 2.21. The van der Waals surface area contributed by atoms with Gasteiger partial charge < -0.3 is 15.4 Å². The Balaban J connectivity index is 1.93. The molecule has 0 spiro atoms. The van der Waals surface area contributed by atoms with Gasteiger partial charge in [-0.25, -0.2) is 14.2 Å². The van der Waals surface area contributed by atoms with Crippen LogP contribution in [0, 0.1) is 15.9 Å². The van der Waals surface area contributed by atoms with E-state index in [1.807, 2.05) is 0 Å². The van der Waals surface area contributed by atoms with E-state index >= 15 is 0 Å². The summed E-state index contributed by atoms with van der Waals surface area (Å²) in [4.78, 5) is 48.1. The first-order valence-electron chi connectivity index (χ1n) is 6.90. The lowest BCUT2D eigenvalue weighted by atomic mass is 10.2. The molecule has 0 saturated heterocycles. The van der Waals surface area contributed by atoms with Gasteiger partial charge in [0, 0.05) is 24.4 Å². The zero-order chi connectivity index (χ0) is 19.3. The number of thiazole rings is 1. The van der Waals surface area contributed by atoms with Gasteiger partial charge in [-0.1, -0.05) is 0 Å². The summed E-state index contributed by atoms with van der Waals surface area (Å²) in [6.45, 7) is 0.519. The summed E-state index contributed by atoms with van der Waals surface area (Å²) in [5, 5.41) is 16.6. The minimum absolute atomic E-state index is 0.118. The van der Waals surface area contributed by atoms with Crippen LogP contribution in [0.2, 0.25) is 0 Å². The van der Waals surface area contributed by atoms with E-state index < -0.39 is 40.6 Å². The number of carbonyl (C=O) groups excluding carboxylic acids is 3. The van der Waals surface area contributed by atoms with Crippen LogP contribution >= 0.6 is 11.3 Å². The number of esters is 1. The van der Waals surface area contributed by atoms with Crippen molar-refractivity contribution in [3.8, 4) is 0 Å². The average Bonchev–Trinajstić information content (AvgIpc) is 3.02. The topological polar surface area (TPSA) is 141 Å². The molecule has 2 N–H and O–H groups in total. The van der Waals surface area contributed by atoms with Gasteiger partial charge in [0.2, 0.25) is 5.91 Å². The summed E-state index contributed by atoms with van der Waals surface area (Å²) in [5.74, 6) is -3.06. The fourth-order valence-electron chi connectivity index (χ4n) is 1.69. The molecule has 1 heterocycles. The van der Waals surface area contributed by atoms with E-state index in [1.54, 1.807) is 0 Å². The van der Waals surface area contributed by atoms with Crippen molar-refractivity contribution in [1.82, 2.24) is 4.98 Å². The van der Waals surface area contributed by atoms with E-state index in [2.05, 4.69) is 15.6 Å². The van der Waals surface area contributed by atoms with Crippen LogP contribution in [0.1, 0.15) is 17.4 Å². The molecule has 1 aromatic heterocycles. The fourth-order valence-corrected chi connectivity index (χ4v) is 2.42. The van der Waals surface area contributed by atoms with Gasteiger partial charge in [0.1, 0.15) is 5.82 Å². The lowest BCUT2D eigenvalue weighted by Crippen LogP contribution is -2.21. The number of nitro groups is 1. The predicted molar refractivity (Wildman–Crippen MR) is 88.4 cm³/mol. The third-order valence-electron chi connectivity index (χ3n) is 2.77. The van der Waals surface area contributed by atoms with Crippen LogP contribution in [0.25, 0.3) is 0 Å². The van der Waals surface area contributed by atoms with Crippen molar-refractivity contribution >= 4 is 45.6 Å². The maximum Gasteiger partial charge on any atom is 0.358 e. The number of nitro benzene ring substituents is 1. The molecule has 0 aliphatic heterocycles. The first kappa shape index (κ1) is 18.9. The van der Waals surface area contributed by atoms with Crippen molar-refractivity contribution in [1.29, 1.82) is 0 Å². The zero-order valence-corrected chi connectivity index (χ0v) is 14.0. The predicted octanol–water partition coefficient (Wildman–Crippen LogP) is 1.94. The molecule has 0 atom stereocenters. The lowest BCUT2D eigenvalue weighted by molar-refractivity contribution is -0.384. The number of benzene rings is 1. The van der Waals surface area contributed by atoms with E-state index in [0.717, 1.165) is 29.5 Å². The standard InChI is InChI=1S/C14H11FN4O6S/c1-7(20)16-14-18-11(6-26-14)13(22)25-5-12(21)17-10-4-8(19(23)24)2-3-9(10)15/h2-4,6H,5H2,1H3,(H,17,21)(H,16,18,20). The number of hydrogen-bond donors (Lipinski definition) is 2. The Morgan fingerprint density at radius 3 is 2.73 bits per heavy atom. The molecule has 0 saturated carbocycles. The largest absolute Gasteiger partial charge is 0.451 e. The number of hydrogen-bond acceptors (Lipinski definition) is 8. The van der Waals surface area contributed by atoms with Crippen LogP contribution in [-0.2, 0) is 14.3 Å². The SMILES string of the molecule is CC(=O)Nc1nc(C(=O)OCC(=O)Nc2cc([N+](=O)[O-])ccc2F)cs1. The number of non-ortho nitro benzene ring substituents is 1. The Morgan fingerprint density at radius 2 is 2.08 bits per heavy atom. The number of aromatic nitrogens is 1. The molecule has 2 rings (SSSR count). The van der Waals surface area contributed by atoms with Crippen molar-refractivity contribution in [3.63, 3.8) is 0 Å². The van der Waals surface area contributed by atoms with Crippen LogP contribution in [0.4, 0.5) is 20.9 Å². The van der Waals surface area contributed by atoms with Crippen molar-refractivity contribution in [3.05, 3.63) is 45.2 Å². The number of amides is 2. The summed E-state index contributed by atoms with van der Waals surface area (Å²) in [6.07, 6.45) is 0. The van der Waals surface area contributed by atoms with Gasteiger partial charge >= 0.3 is 5.97 Å². The highest BCUT2D eigenvalue weighted by atomic mass is 32.1. The van der Waals surface area contributed by atoms with Gasteiger partial charge in [-0.15, -0.1) is 11.3 Å². The highest BCUT2D eigenvalue weighted by Gasteiger charge is 2.17. The second-order valence-electron chi connectivity index (χ2n) is 4.76. The number of ether oxygens (including phenoxy) is 1. The highest BCUT2D eigenvalue weighted by molar-refractivity contribution is 7.14. The van der Waals surface area contributed by atoms with Gasteiger partial charge in [0.15, 0.2) is 17.4 Å². The molecule has 1 aromatic carbocycles. The van der Waals surface area contributed by atoms with E-state index in [9.17, 15) is 28.9 Å². The second kappa shape index (κ2) is 8.11. The number of nitrogens with one attached hydrogen (secondary N) is 2. The van der Waals surface area contributed by atoms with Crippen LogP contribution in [0.5, 0.6) is 0 Å². The van der Waals surface area contributed by atoms with E-state index in [-0.39, 0.29) is 16.7 Å². The molecule has 136 valence electrons. The maximum atomic E-state index is 13.6. The molecule has 0 aliphatic carbocycles. The summed E-state index contributed by atoms with van der Waals surface area (Å²) >= 11 is 0.991. The molecule has 12 heteroatoms. The number of anilines is 2. The second-order valence-corrected chi connectivity index (χ2v) is 5.62. The van der Waals surface area contributed by atoms with Gasteiger partial charge in [-0.05, 0) is 6.07 Å². The fraction of sp³-hybridized carbons (Fsp3) is 0.143. The van der Waals surface area contributed by atoms with Crippen LogP contribution in [-0.4, -0.2) is 34.3 Å². The van der Waals surface area contributed by atoms with Gasteiger partial charge in [0.05, 0.1) is 10.6 Å². The molecule has 0 bridgehead atoms. The first-order valence-corrected chi connectivity index (χ1v) is 7.78. The smallest absolute Gasteiger partial charge is 0.358 e. The average molecular weight is 382 g/mol. The lowest BCUT2D eigenvalue weighted by Gasteiger charge is -2.06. The Morgan fingerprint density at radius 1 is 1.35 bits per heavy atom. The molecule has 10 nitrogen and oxygen atoms in total. The third kappa shape index (κ3) is 5.04. The molecular weight excluding hydrogens is 371 g/mol. The van der Waals surface area contributed by atoms with Gasteiger partial charge in [0.25, 0.3) is 11.6 Å². The molecule has 0 fully saturated rings. The Bertz CT molecular complexity index is 884. The molecule has 26 heavy (non-hydrogen) atoms. The minimum Gasteiger partial charge on any atom is -0.451 e. The summed E-state index contributed by atoms with van der Waals surface area (Å²) in [7, 11) is 0. The van der Waals surface area contributed by atoms with E-state index in [1.165, 1.54) is 12.3 Å². The van der Waals surface area contributed by atoms with Gasteiger partial charge in [-0.2, -0.15) is 0 Å². The quantitative estimate of drug-likeness (QED) is 0.442. The Kier molecular flexibility index (Phi) is 5.90. The number of halogens is 1. The molecule has 2 amide bonds. The van der Waals surface area contributed by atoms with Crippen LogP contribution in [0.15, 0.2) is 23.6 Å². The molecular formula is C14H11FN4O6S. The van der Waals surface area contributed by atoms with E-state index in [4.69, 9.17) is 4.74 Å². The normalized spacial score (nSPS) is 10.1. The number of carbonyl (C=O) groups is 3. The number of rotatable bonds is 6. The maximum absolute atomic E-state index is 13.6. The van der Waals surface area contributed by atoms with Crippen LogP contribution in [0.3, 0.4) is 0 Å². The van der Waals surface area contributed by atoms with Crippen molar-refractivity contribution in [2.24, 2.45) is 0 Å². The summed E-state index contributed by atoms with van der Waals surface area (Å²) in [5.41, 5.74) is -0.943. The molecule has 2 aromatic rings. The van der Waals surface area contributed by atoms with Crippen molar-refractivity contribution < 1.29 is 28.4 Å². The first-order chi connectivity index (χ1) is 12.3. The van der Waals surface area contributed by atoms with Crippen LogP contribution < -0.4 is 10.6 Å². The molecule has 0 unspecified atom stereocenters. The third-order valence-corrected chi connectivity index (χ3v) is 3.52. The Labute approximate surface area is 149 Å². The Hall–Kier alpha value is -3.41. The number of nitrogens with zero attached hydrogens (tertiary/aromatic N) is 2. The minimum atomic E-state index is -0.924. The van der Waals surface area contributed by atoms with Crippen molar-refractivity contribution in [2.45, 2.75) is 6.92 Å². The molecule has 0 radical (unpaired) electrons. The summed E-state index contributed by atoms with van der Waals surface area (Å²) < 4.78 is 18.3. The zero-order valence-electron chi connectivity index (χ0n) is 13.1.